The highest BCUT2D eigenvalue weighted by atomic mass is 32.2. The number of hydrogen-bond donors (Lipinski definition) is 2. The molecule has 36 heavy (non-hydrogen) atoms. The van der Waals surface area contributed by atoms with Gasteiger partial charge in [0.2, 0.25) is 6.79 Å². The monoisotopic (exact) mass is 504 g/mol. The Labute approximate surface area is 214 Å². The molecule has 2 aliphatic heterocycles. The summed E-state index contributed by atoms with van der Waals surface area (Å²) in [7, 11) is 0. The van der Waals surface area contributed by atoms with Gasteiger partial charge in [-0.25, -0.2) is 0 Å². The normalized spacial score (nSPS) is 17.2. The first-order valence-corrected chi connectivity index (χ1v) is 12.8. The number of amides is 1. The van der Waals surface area contributed by atoms with Gasteiger partial charge in [-0.05, 0) is 72.5 Å². The molecular formula is C28H28N2O5S. The summed E-state index contributed by atoms with van der Waals surface area (Å²) in [6, 6.07) is 19.7. The van der Waals surface area contributed by atoms with Gasteiger partial charge in [-0.1, -0.05) is 43.0 Å². The van der Waals surface area contributed by atoms with Crippen molar-refractivity contribution >= 4 is 29.4 Å². The van der Waals surface area contributed by atoms with Crippen LogP contribution in [0.1, 0.15) is 30.5 Å². The van der Waals surface area contributed by atoms with Crippen LogP contribution in [0.5, 0.6) is 23.0 Å². The molecule has 2 heterocycles. The first kappa shape index (κ1) is 23.9. The van der Waals surface area contributed by atoms with E-state index in [1.807, 2.05) is 61.5 Å². The molecule has 3 aromatic rings. The number of nitrogens with one attached hydrogen (secondary N) is 2. The lowest BCUT2D eigenvalue weighted by Gasteiger charge is -2.13. The topological polar surface area (TPSA) is 78.1 Å². The van der Waals surface area contributed by atoms with Crippen molar-refractivity contribution in [1.29, 1.82) is 0 Å². The van der Waals surface area contributed by atoms with Crippen molar-refractivity contribution in [3.8, 4) is 23.0 Å². The van der Waals surface area contributed by atoms with Crippen LogP contribution in [0.15, 0.2) is 65.6 Å². The number of ether oxygens (including phenoxy) is 4. The number of rotatable bonds is 9. The van der Waals surface area contributed by atoms with E-state index in [1.54, 1.807) is 0 Å². The lowest BCUT2D eigenvalue weighted by atomic mass is 10.1. The van der Waals surface area contributed by atoms with Gasteiger partial charge < -0.3 is 29.6 Å². The van der Waals surface area contributed by atoms with Crippen LogP contribution in [-0.2, 0) is 17.8 Å². The third kappa shape index (κ3) is 5.54. The van der Waals surface area contributed by atoms with Crippen LogP contribution in [0.2, 0.25) is 0 Å². The molecule has 1 fully saturated rings. The maximum Gasteiger partial charge on any atom is 0.260 e. The van der Waals surface area contributed by atoms with Crippen LogP contribution in [0.25, 0.3) is 6.08 Å². The van der Waals surface area contributed by atoms with Crippen LogP contribution >= 0.6 is 11.8 Å². The first-order chi connectivity index (χ1) is 17.6. The fourth-order valence-corrected chi connectivity index (χ4v) is 4.88. The molecule has 3 aromatic carbocycles. The van der Waals surface area contributed by atoms with Gasteiger partial charge >= 0.3 is 0 Å². The lowest BCUT2D eigenvalue weighted by molar-refractivity contribution is -0.116. The number of anilines is 1. The van der Waals surface area contributed by atoms with Gasteiger partial charge in [-0.3, -0.25) is 4.79 Å². The average Bonchev–Trinajstić information content (AvgIpc) is 3.50. The minimum atomic E-state index is -0.230. The number of fused-ring (bicyclic) bond motifs is 1. The van der Waals surface area contributed by atoms with Crippen molar-refractivity contribution in [3.05, 3.63) is 82.3 Å². The second-order valence-corrected chi connectivity index (χ2v) is 9.44. The largest absolute Gasteiger partial charge is 0.490 e. The Morgan fingerprint density at radius 2 is 1.78 bits per heavy atom. The number of hydrogen-bond acceptors (Lipinski definition) is 7. The molecule has 186 valence electrons. The van der Waals surface area contributed by atoms with Gasteiger partial charge in [-0.15, -0.1) is 0 Å². The summed E-state index contributed by atoms with van der Waals surface area (Å²) >= 11 is 1.45. The summed E-state index contributed by atoms with van der Waals surface area (Å²) in [6.07, 6.45) is 2.86. The molecular weight excluding hydrogens is 476 g/mol. The van der Waals surface area contributed by atoms with Gasteiger partial charge in [0.15, 0.2) is 28.5 Å². The summed E-state index contributed by atoms with van der Waals surface area (Å²) in [6.45, 7) is 5.16. The average molecular weight is 505 g/mol. The summed E-state index contributed by atoms with van der Waals surface area (Å²) in [4.78, 5) is 13.2. The maximum absolute atomic E-state index is 12.6. The molecule has 1 amide bonds. The summed E-state index contributed by atoms with van der Waals surface area (Å²) in [5.41, 5.74) is 3.84. The summed E-state index contributed by atoms with van der Waals surface area (Å²) in [5, 5.41) is 6.33. The van der Waals surface area contributed by atoms with E-state index < -0.39 is 0 Å². The first-order valence-electron chi connectivity index (χ1n) is 11.9. The highest BCUT2D eigenvalue weighted by molar-refractivity contribution is 8.05. The molecule has 0 aliphatic carbocycles. The third-order valence-corrected chi connectivity index (χ3v) is 6.82. The quantitative estimate of drug-likeness (QED) is 0.370. The number of carbonyl (C=O) groups is 1. The molecule has 7 nitrogen and oxygen atoms in total. The van der Waals surface area contributed by atoms with Crippen molar-refractivity contribution in [1.82, 2.24) is 5.32 Å². The molecule has 1 saturated heterocycles. The zero-order valence-corrected chi connectivity index (χ0v) is 21.0. The van der Waals surface area contributed by atoms with E-state index >= 15 is 0 Å². The third-order valence-electron chi connectivity index (χ3n) is 5.79. The van der Waals surface area contributed by atoms with Crippen LogP contribution < -0.4 is 29.6 Å². The van der Waals surface area contributed by atoms with Crippen LogP contribution in [0.4, 0.5) is 5.69 Å². The fraction of sp³-hybridized carbons (Fsp3) is 0.250. The second kappa shape index (κ2) is 10.9. The number of carbonyl (C=O) groups excluding carboxylic acids is 1. The van der Waals surface area contributed by atoms with Gasteiger partial charge in [0, 0.05) is 5.69 Å². The Balaban J connectivity index is 1.26. The van der Waals surface area contributed by atoms with Crippen molar-refractivity contribution in [2.45, 2.75) is 32.4 Å². The lowest BCUT2D eigenvalue weighted by Crippen LogP contribution is -2.30. The van der Waals surface area contributed by atoms with Crippen LogP contribution in [0.3, 0.4) is 0 Å². The molecule has 1 atom stereocenters. The molecule has 0 spiro atoms. The SMILES string of the molecule is CCOc1cc(/C=C2\S[C@@H](Nc3ccc(CC)cc3)NC2=O)ccc1OCc1ccc2c(c1)OCO2. The maximum atomic E-state index is 12.6. The summed E-state index contributed by atoms with van der Waals surface area (Å²) in [5.74, 6) is 2.62. The number of benzene rings is 3. The summed E-state index contributed by atoms with van der Waals surface area (Å²) < 4.78 is 22.7. The Bertz CT molecular complexity index is 1280. The minimum Gasteiger partial charge on any atom is -0.490 e. The van der Waals surface area contributed by atoms with Gasteiger partial charge in [-0.2, -0.15) is 0 Å². The van der Waals surface area contributed by atoms with Gasteiger partial charge in [0.1, 0.15) is 6.61 Å². The van der Waals surface area contributed by atoms with E-state index in [1.165, 1.54) is 17.3 Å². The van der Waals surface area contributed by atoms with Crippen molar-refractivity contribution in [2.24, 2.45) is 0 Å². The zero-order valence-electron chi connectivity index (χ0n) is 20.2. The molecule has 5 rings (SSSR count). The molecule has 2 aliphatic rings. The molecule has 0 saturated carbocycles. The van der Waals surface area contributed by atoms with Crippen LogP contribution in [-0.4, -0.2) is 24.8 Å². The van der Waals surface area contributed by atoms with E-state index in [0.717, 1.165) is 34.7 Å². The van der Waals surface area contributed by atoms with Gasteiger partial charge in [0.05, 0.1) is 11.5 Å². The van der Waals surface area contributed by atoms with E-state index in [0.29, 0.717) is 29.6 Å². The smallest absolute Gasteiger partial charge is 0.260 e. The molecule has 0 radical (unpaired) electrons. The van der Waals surface area contributed by atoms with Crippen LogP contribution in [0, 0.1) is 0 Å². The Kier molecular flexibility index (Phi) is 7.23. The second-order valence-electron chi connectivity index (χ2n) is 8.29. The number of thioether (sulfide) groups is 1. The standard InChI is InChI=1S/C28H28N2O5S/c1-3-18-5-9-21(10-6-18)29-28-30-27(31)26(36-28)15-19-7-11-22(24(13-19)32-4-2)33-16-20-8-12-23-25(14-20)35-17-34-23/h5-15,28-29H,3-4,16-17H2,1-2H3,(H,30,31)/b26-15-/t28-/m0/s1. The molecule has 2 N–H and O–H groups in total. The molecule has 0 unspecified atom stereocenters. The van der Waals surface area contributed by atoms with E-state index in [2.05, 4.69) is 29.7 Å². The predicted molar refractivity (Wildman–Crippen MR) is 141 cm³/mol. The van der Waals surface area contributed by atoms with E-state index in [-0.39, 0.29) is 18.2 Å². The highest BCUT2D eigenvalue weighted by Crippen LogP contribution is 2.35. The predicted octanol–water partition coefficient (Wildman–Crippen LogP) is 5.56. The van der Waals surface area contributed by atoms with Gasteiger partial charge in [0.25, 0.3) is 5.91 Å². The Morgan fingerprint density at radius 3 is 2.58 bits per heavy atom. The van der Waals surface area contributed by atoms with Crippen molar-refractivity contribution in [2.75, 3.05) is 18.7 Å². The fourth-order valence-electron chi connectivity index (χ4n) is 3.90. The Hall–Kier alpha value is -3.78. The molecule has 8 heteroatoms. The van der Waals surface area contributed by atoms with Crippen molar-refractivity contribution < 1.29 is 23.7 Å². The minimum absolute atomic E-state index is 0.108. The zero-order chi connectivity index (χ0) is 24.9. The molecule has 0 bridgehead atoms. The number of aryl methyl sites for hydroxylation is 1. The molecule has 0 aromatic heterocycles. The van der Waals surface area contributed by atoms with E-state index in [9.17, 15) is 4.79 Å². The highest BCUT2D eigenvalue weighted by Gasteiger charge is 2.27. The van der Waals surface area contributed by atoms with Crippen molar-refractivity contribution in [3.63, 3.8) is 0 Å². The van der Waals surface area contributed by atoms with E-state index in [4.69, 9.17) is 18.9 Å². The Morgan fingerprint density at radius 1 is 0.972 bits per heavy atom.